The molecule has 0 spiro atoms. The Morgan fingerprint density at radius 1 is 1.44 bits per heavy atom. The number of nitrogens with two attached hydrogens (primary N) is 1. The Morgan fingerprint density at radius 3 is 2.56 bits per heavy atom. The van der Waals surface area contributed by atoms with Crippen LogP contribution in [-0.4, -0.2) is 7.85 Å². The van der Waals surface area contributed by atoms with Crippen molar-refractivity contribution in [3.05, 3.63) is 23.2 Å². The van der Waals surface area contributed by atoms with Crippen molar-refractivity contribution in [2.75, 3.05) is 5.73 Å². The summed E-state index contributed by atoms with van der Waals surface area (Å²) >= 11 is 5.63. The summed E-state index contributed by atoms with van der Waals surface area (Å²) in [6.45, 7) is 0. The molecule has 0 unspecified atom stereocenters. The number of anilines is 1. The minimum atomic E-state index is 0.442. The van der Waals surface area contributed by atoms with Crippen molar-refractivity contribution >= 4 is 30.6 Å². The van der Waals surface area contributed by atoms with E-state index in [9.17, 15) is 0 Å². The van der Waals surface area contributed by atoms with Crippen LogP contribution in [0.2, 0.25) is 5.02 Å². The molecule has 1 aromatic rings. The van der Waals surface area contributed by atoms with Crippen molar-refractivity contribution < 1.29 is 0 Å². The average molecular weight is 137 g/mol. The van der Waals surface area contributed by atoms with E-state index in [-0.39, 0.29) is 0 Å². The molecule has 0 amide bonds. The highest BCUT2D eigenvalue weighted by molar-refractivity contribution is 6.46. The molecule has 9 heavy (non-hydrogen) atoms. The van der Waals surface area contributed by atoms with Gasteiger partial charge in [0.15, 0.2) is 0 Å². The zero-order valence-electron chi connectivity index (χ0n) is 4.76. The first-order valence-electron chi connectivity index (χ1n) is 2.51. The van der Waals surface area contributed by atoms with Gasteiger partial charge in [-0.1, -0.05) is 29.2 Å². The molecule has 0 atom stereocenters. The van der Waals surface area contributed by atoms with Gasteiger partial charge >= 0.3 is 0 Å². The second-order valence-electron chi connectivity index (χ2n) is 1.75. The number of nitrogen functional groups attached to an aromatic ring is 1. The molecule has 1 nitrogen and oxygen atoms in total. The smallest absolute Gasteiger partial charge is 0.116 e. The maximum Gasteiger partial charge on any atom is 0.116 e. The fourth-order valence-corrected chi connectivity index (χ4v) is 0.694. The van der Waals surface area contributed by atoms with Crippen LogP contribution in [0.15, 0.2) is 18.2 Å². The molecule has 1 rings (SSSR count). The predicted molar refractivity (Wildman–Crippen MR) is 41.3 cm³/mol. The van der Waals surface area contributed by atoms with Crippen molar-refractivity contribution in [1.29, 1.82) is 0 Å². The number of benzene rings is 1. The average Bonchev–Trinajstić information content (AvgIpc) is 1.83. The molecule has 0 aliphatic carbocycles. The minimum absolute atomic E-state index is 0.442. The van der Waals surface area contributed by atoms with Crippen molar-refractivity contribution in [2.24, 2.45) is 0 Å². The quantitative estimate of drug-likeness (QED) is 0.414. The lowest BCUT2D eigenvalue weighted by Gasteiger charge is -1.98. The Bertz CT molecular complexity index is 204. The van der Waals surface area contributed by atoms with E-state index in [1.807, 2.05) is 0 Å². The Hall–Kier alpha value is -0.625. The van der Waals surface area contributed by atoms with E-state index in [4.69, 9.17) is 25.2 Å². The van der Waals surface area contributed by atoms with Gasteiger partial charge in [0.2, 0.25) is 0 Å². The van der Waals surface area contributed by atoms with Crippen LogP contribution in [0.1, 0.15) is 0 Å². The second-order valence-corrected chi connectivity index (χ2v) is 2.13. The molecule has 44 valence electrons. The fourth-order valence-electron chi connectivity index (χ4n) is 0.568. The maximum atomic E-state index is 5.63. The molecule has 0 saturated heterocycles. The first-order chi connectivity index (χ1) is 4.22. The molecular weight excluding hydrogens is 132 g/mol. The summed E-state index contributed by atoms with van der Waals surface area (Å²) in [4.78, 5) is 0. The zero-order chi connectivity index (χ0) is 6.85. The molecule has 2 N–H and O–H groups in total. The highest BCUT2D eigenvalue weighted by atomic mass is 35.5. The molecule has 0 aliphatic heterocycles. The molecule has 0 aromatic heterocycles. The van der Waals surface area contributed by atoms with Crippen molar-refractivity contribution in [2.45, 2.75) is 0 Å². The molecule has 0 bridgehead atoms. The van der Waals surface area contributed by atoms with E-state index in [1.54, 1.807) is 18.2 Å². The Morgan fingerprint density at radius 2 is 2.11 bits per heavy atom. The minimum Gasteiger partial charge on any atom is -0.398 e. The van der Waals surface area contributed by atoms with E-state index in [1.165, 1.54) is 0 Å². The van der Waals surface area contributed by atoms with Gasteiger partial charge in [0.1, 0.15) is 7.85 Å². The van der Waals surface area contributed by atoms with Gasteiger partial charge in [0.25, 0.3) is 0 Å². The standard InChI is InChI=1S/C6H5BClN/c7-4-2-1-3-5(9)6(4)8/h1-3H,9H2. The summed E-state index contributed by atoms with van der Waals surface area (Å²) in [5.41, 5.74) is 6.46. The highest BCUT2D eigenvalue weighted by Gasteiger charge is 1.94. The number of hydrogen-bond acceptors (Lipinski definition) is 1. The van der Waals surface area contributed by atoms with Gasteiger partial charge in [-0.2, -0.15) is 0 Å². The molecule has 3 heteroatoms. The Kier molecular flexibility index (Phi) is 1.67. The summed E-state index contributed by atoms with van der Waals surface area (Å²) in [6.07, 6.45) is 0. The van der Waals surface area contributed by atoms with E-state index >= 15 is 0 Å². The molecule has 1 aromatic carbocycles. The van der Waals surface area contributed by atoms with Gasteiger partial charge in [-0.25, -0.2) is 0 Å². The van der Waals surface area contributed by atoms with Crippen molar-refractivity contribution in [3.8, 4) is 0 Å². The maximum absolute atomic E-state index is 5.63. The van der Waals surface area contributed by atoms with E-state index in [0.29, 0.717) is 16.2 Å². The molecule has 0 saturated carbocycles. The highest BCUT2D eigenvalue weighted by Crippen LogP contribution is 2.12. The Balaban J connectivity index is 3.25. The SMILES string of the molecule is [B]c1cccc(N)c1Cl. The third-order valence-corrected chi connectivity index (χ3v) is 1.49. The summed E-state index contributed by atoms with van der Waals surface area (Å²) in [5.74, 6) is 0. The van der Waals surface area contributed by atoms with Crippen LogP contribution in [0.4, 0.5) is 5.69 Å². The lowest BCUT2D eigenvalue weighted by molar-refractivity contribution is 1.73. The summed E-state index contributed by atoms with van der Waals surface area (Å²) in [7, 11) is 5.41. The van der Waals surface area contributed by atoms with E-state index in [2.05, 4.69) is 0 Å². The van der Waals surface area contributed by atoms with E-state index < -0.39 is 0 Å². The fraction of sp³-hybridized carbons (Fsp3) is 0. The van der Waals surface area contributed by atoms with Crippen molar-refractivity contribution in [1.82, 2.24) is 0 Å². The van der Waals surface area contributed by atoms with Crippen LogP contribution in [0.3, 0.4) is 0 Å². The molecule has 2 radical (unpaired) electrons. The normalized spacial score (nSPS) is 9.44. The lowest BCUT2D eigenvalue weighted by atomic mass is 9.96. The van der Waals surface area contributed by atoms with Crippen molar-refractivity contribution in [3.63, 3.8) is 0 Å². The lowest BCUT2D eigenvalue weighted by Crippen LogP contribution is -2.05. The molecule has 0 heterocycles. The van der Waals surface area contributed by atoms with Gasteiger partial charge in [0.05, 0.1) is 5.02 Å². The third-order valence-electron chi connectivity index (χ3n) is 1.06. The third kappa shape index (κ3) is 1.19. The summed E-state index contributed by atoms with van der Waals surface area (Å²) in [6, 6.07) is 5.17. The van der Waals surface area contributed by atoms with E-state index in [0.717, 1.165) is 0 Å². The second kappa shape index (κ2) is 2.32. The largest absolute Gasteiger partial charge is 0.398 e. The van der Waals surface area contributed by atoms with Crippen LogP contribution in [0.25, 0.3) is 0 Å². The van der Waals surface area contributed by atoms with Crippen LogP contribution in [0.5, 0.6) is 0 Å². The zero-order valence-corrected chi connectivity index (χ0v) is 5.52. The first-order valence-corrected chi connectivity index (χ1v) is 2.89. The van der Waals surface area contributed by atoms with Crippen LogP contribution < -0.4 is 11.2 Å². The summed E-state index contributed by atoms with van der Waals surface area (Å²) < 4.78 is 0. The van der Waals surface area contributed by atoms with Crippen LogP contribution >= 0.6 is 11.6 Å². The van der Waals surface area contributed by atoms with Gasteiger partial charge in [-0.15, -0.1) is 0 Å². The molecule has 0 aliphatic rings. The Labute approximate surface area is 60.2 Å². The number of halogens is 1. The molecular formula is C6H5BClN. The van der Waals surface area contributed by atoms with Crippen LogP contribution in [0, 0.1) is 0 Å². The number of rotatable bonds is 0. The molecule has 0 fully saturated rings. The predicted octanol–water partition coefficient (Wildman–Crippen LogP) is 0.716. The van der Waals surface area contributed by atoms with Crippen LogP contribution in [-0.2, 0) is 0 Å². The van der Waals surface area contributed by atoms with Gasteiger partial charge in [-0.05, 0) is 6.07 Å². The monoisotopic (exact) mass is 137 g/mol. The summed E-state index contributed by atoms with van der Waals surface area (Å²) in [5, 5.41) is 0.442. The van der Waals surface area contributed by atoms with Gasteiger partial charge in [0, 0.05) is 5.69 Å². The topological polar surface area (TPSA) is 26.0 Å². The first kappa shape index (κ1) is 6.49. The number of hydrogen-bond donors (Lipinski definition) is 1. The van der Waals surface area contributed by atoms with Gasteiger partial charge in [-0.3, -0.25) is 0 Å². The van der Waals surface area contributed by atoms with Gasteiger partial charge < -0.3 is 5.73 Å².